The summed E-state index contributed by atoms with van der Waals surface area (Å²) in [7, 11) is 1.52. The minimum Gasteiger partial charge on any atom is -0.493 e. The summed E-state index contributed by atoms with van der Waals surface area (Å²) in [5, 5.41) is 3.84. The third-order valence-corrected chi connectivity index (χ3v) is 6.06. The summed E-state index contributed by atoms with van der Waals surface area (Å²) in [5.74, 6) is -0.522. The molecule has 1 aromatic carbocycles. The van der Waals surface area contributed by atoms with Crippen LogP contribution >= 0.6 is 11.3 Å². The van der Waals surface area contributed by atoms with E-state index in [1.807, 2.05) is 6.07 Å². The zero-order chi connectivity index (χ0) is 20.7. The van der Waals surface area contributed by atoms with Gasteiger partial charge in [-0.25, -0.2) is 0 Å². The number of hydrogen-bond acceptors (Lipinski definition) is 6. The van der Waals surface area contributed by atoms with Crippen LogP contribution in [-0.4, -0.2) is 36.3 Å². The predicted octanol–water partition coefficient (Wildman–Crippen LogP) is 2.76. The number of nitrogens with one attached hydrogen (secondary N) is 1. The quantitative estimate of drug-likeness (QED) is 0.682. The van der Waals surface area contributed by atoms with Crippen LogP contribution in [0.15, 0.2) is 28.7 Å². The number of methoxy groups -OCH3 is 1. The Labute approximate surface area is 170 Å². The molecule has 0 bridgehead atoms. The molecule has 3 N–H and O–H groups in total. The van der Waals surface area contributed by atoms with E-state index in [0.29, 0.717) is 41.4 Å². The number of furan rings is 1. The molecule has 0 atom stereocenters. The lowest BCUT2D eigenvalue weighted by atomic mass is 10.0. The highest BCUT2D eigenvalue weighted by Gasteiger charge is 2.29. The van der Waals surface area contributed by atoms with Crippen molar-refractivity contribution in [1.82, 2.24) is 4.90 Å². The molecule has 0 unspecified atom stereocenters. The van der Waals surface area contributed by atoms with E-state index in [1.54, 1.807) is 23.1 Å². The van der Waals surface area contributed by atoms with Gasteiger partial charge in [0, 0.05) is 23.7 Å². The number of amides is 3. The highest BCUT2D eigenvalue weighted by atomic mass is 32.1. The lowest BCUT2D eigenvalue weighted by Gasteiger charge is -2.25. The van der Waals surface area contributed by atoms with Crippen molar-refractivity contribution in [3.8, 4) is 5.75 Å². The highest BCUT2D eigenvalue weighted by molar-refractivity contribution is 7.17. The summed E-state index contributed by atoms with van der Waals surface area (Å²) in [6.45, 7) is 2.41. The second kappa shape index (κ2) is 7.25. The van der Waals surface area contributed by atoms with Gasteiger partial charge in [0.05, 0.1) is 19.2 Å². The first-order valence-corrected chi connectivity index (χ1v) is 9.78. The molecule has 8 nitrogen and oxygen atoms in total. The van der Waals surface area contributed by atoms with E-state index in [4.69, 9.17) is 14.9 Å². The van der Waals surface area contributed by atoms with E-state index in [0.717, 1.165) is 15.8 Å². The molecule has 2 aromatic heterocycles. The van der Waals surface area contributed by atoms with Gasteiger partial charge in [-0.05, 0) is 24.1 Å². The monoisotopic (exact) mass is 413 g/mol. The van der Waals surface area contributed by atoms with Gasteiger partial charge in [0.15, 0.2) is 17.1 Å². The molecule has 0 radical (unpaired) electrons. The summed E-state index contributed by atoms with van der Waals surface area (Å²) in [5.41, 5.74) is 7.15. The molecule has 0 saturated carbocycles. The van der Waals surface area contributed by atoms with Gasteiger partial charge in [-0.1, -0.05) is 12.1 Å². The fourth-order valence-corrected chi connectivity index (χ4v) is 4.76. The summed E-state index contributed by atoms with van der Waals surface area (Å²) in [4.78, 5) is 39.1. The Balaban J connectivity index is 1.67. The molecule has 3 aromatic rings. The van der Waals surface area contributed by atoms with Crippen LogP contribution in [0.4, 0.5) is 5.00 Å². The number of primary amides is 1. The van der Waals surface area contributed by atoms with Gasteiger partial charge in [0.25, 0.3) is 11.8 Å². The molecule has 3 amide bonds. The zero-order valence-electron chi connectivity index (χ0n) is 15.9. The summed E-state index contributed by atoms with van der Waals surface area (Å²) in [6, 6.07) is 6.97. The smallest absolute Gasteiger partial charge is 0.292 e. The van der Waals surface area contributed by atoms with Crippen molar-refractivity contribution in [2.24, 2.45) is 5.73 Å². The van der Waals surface area contributed by atoms with Crippen molar-refractivity contribution in [2.45, 2.75) is 19.9 Å². The Kier molecular flexibility index (Phi) is 4.75. The van der Waals surface area contributed by atoms with Crippen molar-refractivity contribution in [3.05, 3.63) is 46.0 Å². The molecule has 1 aliphatic rings. The second-order valence-electron chi connectivity index (χ2n) is 6.71. The molecule has 29 heavy (non-hydrogen) atoms. The second-order valence-corrected chi connectivity index (χ2v) is 7.81. The van der Waals surface area contributed by atoms with Crippen molar-refractivity contribution in [1.29, 1.82) is 0 Å². The van der Waals surface area contributed by atoms with Crippen LogP contribution in [-0.2, 0) is 17.8 Å². The Morgan fingerprint density at radius 1 is 1.31 bits per heavy atom. The van der Waals surface area contributed by atoms with Crippen molar-refractivity contribution in [3.63, 3.8) is 0 Å². The number of para-hydroxylation sites is 1. The number of carbonyl (C=O) groups excluding carboxylic acids is 3. The van der Waals surface area contributed by atoms with Crippen LogP contribution < -0.4 is 15.8 Å². The number of fused-ring (bicyclic) bond motifs is 2. The SMILES string of the molecule is COc1cccc2cc(C(=O)Nc3sc4c(c3C(N)=O)CCN(C(C)=O)C4)oc12. The van der Waals surface area contributed by atoms with Crippen LogP contribution in [0, 0.1) is 0 Å². The number of rotatable bonds is 4. The van der Waals surface area contributed by atoms with Gasteiger partial charge in [0.2, 0.25) is 5.91 Å². The number of ether oxygens (including phenoxy) is 1. The molecule has 0 fully saturated rings. The first-order valence-electron chi connectivity index (χ1n) is 8.96. The van der Waals surface area contributed by atoms with Crippen LogP contribution in [0.3, 0.4) is 0 Å². The van der Waals surface area contributed by atoms with E-state index < -0.39 is 11.8 Å². The lowest BCUT2D eigenvalue weighted by molar-refractivity contribution is -0.129. The Morgan fingerprint density at radius 3 is 2.79 bits per heavy atom. The molecule has 0 saturated heterocycles. The van der Waals surface area contributed by atoms with E-state index >= 15 is 0 Å². The summed E-state index contributed by atoms with van der Waals surface area (Å²) >= 11 is 1.26. The predicted molar refractivity (Wildman–Crippen MR) is 108 cm³/mol. The third kappa shape index (κ3) is 3.33. The first-order chi connectivity index (χ1) is 13.9. The average Bonchev–Trinajstić information content (AvgIpc) is 3.28. The van der Waals surface area contributed by atoms with Gasteiger partial charge in [-0.2, -0.15) is 0 Å². The number of hydrogen-bond donors (Lipinski definition) is 2. The van der Waals surface area contributed by atoms with Gasteiger partial charge >= 0.3 is 0 Å². The number of nitrogens with two attached hydrogens (primary N) is 1. The van der Waals surface area contributed by atoms with Crippen LogP contribution in [0.5, 0.6) is 5.75 Å². The van der Waals surface area contributed by atoms with E-state index in [-0.39, 0.29) is 11.7 Å². The third-order valence-electron chi connectivity index (χ3n) is 4.93. The van der Waals surface area contributed by atoms with Crippen molar-refractivity contribution < 1.29 is 23.5 Å². The largest absolute Gasteiger partial charge is 0.493 e. The number of benzene rings is 1. The molecule has 1 aliphatic heterocycles. The van der Waals surface area contributed by atoms with Crippen molar-refractivity contribution in [2.75, 3.05) is 19.0 Å². The molecular formula is C20H19N3O5S. The van der Waals surface area contributed by atoms with Gasteiger partial charge in [-0.15, -0.1) is 11.3 Å². The maximum atomic E-state index is 12.8. The molecule has 9 heteroatoms. The maximum absolute atomic E-state index is 12.8. The maximum Gasteiger partial charge on any atom is 0.292 e. The van der Waals surface area contributed by atoms with Crippen LogP contribution in [0.2, 0.25) is 0 Å². The molecule has 0 aliphatic carbocycles. The van der Waals surface area contributed by atoms with Gasteiger partial charge < -0.3 is 25.1 Å². The number of anilines is 1. The Bertz CT molecular complexity index is 1150. The number of nitrogens with zero attached hydrogens (tertiary/aromatic N) is 1. The topological polar surface area (TPSA) is 115 Å². The summed E-state index contributed by atoms with van der Waals surface area (Å²) in [6.07, 6.45) is 0.515. The van der Waals surface area contributed by atoms with Crippen LogP contribution in [0.1, 0.15) is 38.3 Å². The lowest BCUT2D eigenvalue weighted by Crippen LogP contribution is -2.34. The average molecular weight is 413 g/mol. The van der Waals surface area contributed by atoms with Crippen LogP contribution in [0.25, 0.3) is 11.0 Å². The standard InChI is InChI=1S/C20H19N3O5S/c1-10(24)23-7-6-12-15(9-23)29-20(16(12)18(21)25)22-19(26)14-8-11-4-3-5-13(27-2)17(11)28-14/h3-5,8H,6-7,9H2,1-2H3,(H2,21,25)(H,22,26). The number of thiophene rings is 1. The zero-order valence-corrected chi connectivity index (χ0v) is 16.7. The Morgan fingerprint density at radius 2 is 2.10 bits per heavy atom. The van der Waals surface area contributed by atoms with E-state index in [9.17, 15) is 14.4 Å². The molecule has 4 rings (SSSR count). The Hall–Kier alpha value is -3.33. The normalized spacial score (nSPS) is 13.2. The molecule has 150 valence electrons. The number of carbonyl (C=O) groups is 3. The fourth-order valence-electron chi connectivity index (χ4n) is 3.49. The first kappa shape index (κ1) is 19.0. The van der Waals surface area contributed by atoms with E-state index in [2.05, 4.69) is 5.32 Å². The van der Waals surface area contributed by atoms with E-state index in [1.165, 1.54) is 25.4 Å². The minimum atomic E-state index is -0.611. The van der Waals surface area contributed by atoms with Crippen molar-refractivity contribution >= 4 is 45.0 Å². The molecular weight excluding hydrogens is 394 g/mol. The summed E-state index contributed by atoms with van der Waals surface area (Å²) < 4.78 is 10.9. The minimum absolute atomic E-state index is 0.0357. The molecule has 0 spiro atoms. The molecule has 3 heterocycles. The fraction of sp³-hybridized carbons (Fsp3) is 0.250. The van der Waals surface area contributed by atoms with Gasteiger partial charge in [-0.3, -0.25) is 14.4 Å². The van der Waals surface area contributed by atoms with Gasteiger partial charge in [0.1, 0.15) is 5.00 Å². The highest BCUT2D eigenvalue weighted by Crippen LogP contribution is 2.37.